The van der Waals surface area contributed by atoms with E-state index >= 15 is 0 Å². The lowest BCUT2D eigenvalue weighted by atomic mass is 9.65. The molecule has 1 saturated heterocycles. The zero-order valence-electron chi connectivity index (χ0n) is 19.1. The number of hydrogen-bond acceptors (Lipinski definition) is 2. The van der Waals surface area contributed by atoms with Crippen LogP contribution < -0.4 is 5.32 Å². The Morgan fingerprint density at radius 1 is 1.09 bits per heavy atom. The molecule has 5 nitrogen and oxygen atoms in total. The number of amides is 2. The topological polar surface area (TPSA) is 65.2 Å². The summed E-state index contributed by atoms with van der Waals surface area (Å²) >= 11 is 0. The van der Waals surface area contributed by atoms with E-state index in [4.69, 9.17) is 0 Å². The summed E-state index contributed by atoms with van der Waals surface area (Å²) in [5, 5.41) is 3.77. The van der Waals surface area contributed by atoms with Crippen molar-refractivity contribution in [3.8, 4) is 0 Å². The largest absolute Gasteiger partial charge is 0.360 e. The first-order valence-electron chi connectivity index (χ1n) is 11.5. The molecule has 2 heterocycles. The van der Waals surface area contributed by atoms with Gasteiger partial charge in [-0.15, -0.1) is 0 Å². The Labute approximate surface area is 189 Å². The quantitative estimate of drug-likeness (QED) is 0.603. The number of carbonyl (C=O) groups excluding carboxylic acids is 2. The maximum atomic E-state index is 13.5. The Balaban J connectivity index is 1.38. The maximum absolute atomic E-state index is 13.5. The normalized spacial score (nSPS) is 24.0. The first kappa shape index (κ1) is 20.8. The molecular weight excluding hydrogens is 398 g/mol. The predicted molar refractivity (Wildman–Crippen MR) is 126 cm³/mol. The minimum Gasteiger partial charge on any atom is -0.360 e. The first-order chi connectivity index (χ1) is 15.2. The van der Waals surface area contributed by atoms with Gasteiger partial charge in [-0.25, -0.2) is 0 Å². The van der Waals surface area contributed by atoms with E-state index in [-0.39, 0.29) is 22.6 Å². The molecule has 2 aliphatic rings. The lowest BCUT2D eigenvalue weighted by Gasteiger charge is -2.39. The van der Waals surface area contributed by atoms with Crippen molar-refractivity contribution >= 4 is 22.7 Å². The Morgan fingerprint density at radius 2 is 1.88 bits per heavy atom. The zero-order valence-corrected chi connectivity index (χ0v) is 19.1. The van der Waals surface area contributed by atoms with Crippen LogP contribution >= 0.6 is 0 Å². The van der Waals surface area contributed by atoms with Gasteiger partial charge in [0, 0.05) is 41.8 Å². The highest BCUT2D eigenvalue weighted by Crippen LogP contribution is 2.52. The molecule has 2 amide bonds. The minimum absolute atomic E-state index is 0.0789. The molecule has 0 spiro atoms. The number of hydrogen-bond donors (Lipinski definition) is 2. The third kappa shape index (κ3) is 3.81. The van der Waals surface area contributed by atoms with E-state index in [1.165, 1.54) is 0 Å². The van der Waals surface area contributed by atoms with Crippen molar-refractivity contribution in [3.63, 3.8) is 0 Å². The molecule has 5 rings (SSSR count). The molecule has 2 aromatic carbocycles. The number of aromatic nitrogens is 1. The molecule has 1 aliphatic carbocycles. The smallest absolute Gasteiger partial charge is 0.254 e. The van der Waals surface area contributed by atoms with Gasteiger partial charge in [0.15, 0.2) is 0 Å². The fourth-order valence-electron chi connectivity index (χ4n) is 6.18. The Kier molecular flexibility index (Phi) is 4.88. The van der Waals surface area contributed by atoms with Crippen LogP contribution in [0, 0.1) is 10.8 Å². The van der Waals surface area contributed by atoms with Crippen molar-refractivity contribution in [2.45, 2.75) is 52.6 Å². The van der Waals surface area contributed by atoms with Crippen LogP contribution in [-0.2, 0) is 6.54 Å². The number of H-pyrrole nitrogens is 1. The summed E-state index contributed by atoms with van der Waals surface area (Å²) in [4.78, 5) is 31.6. The summed E-state index contributed by atoms with van der Waals surface area (Å²) in [5.74, 6) is -0.0637. The molecule has 2 N–H and O–H groups in total. The van der Waals surface area contributed by atoms with E-state index in [1.807, 2.05) is 48.5 Å². The van der Waals surface area contributed by atoms with Crippen LogP contribution in [0.3, 0.4) is 0 Å². The molecule has 2 fully saturated rings. The number of carbonyl (C=O) groups is 2. The van der Waals surface area contributed by atoms with Crippen LogP contribution in [0.5, 0.6) is 0 Å². The summed E-state index contributed by atoms with van der Waals surface area (Å²) in [6, 6.07) is 15.8. The molecular formula is C27H31N3O2. The van der Waals surface area contributed by atoms with Crippen LogP contribution in [0.4, 0.5) is 0 Å². The van der Waals surface area contributed by atoms with E-state index < -0.39 is 0 Å². The first-order valence-corrected chi connectivity index (χ1v) is 11.5. The lowest BCUT2D eigenvalue weighted by Crippen LogP contribution is -2.37. The third-order valence-electron chi connectivity index (χ3n) is 7.14. The van der Waals surface area contributed by atoms with Crippen molar-refractivity contribution in [1.82, 2.24) is 15.2 Å². The van der Waals surface area contributed by atoms with E-state index in [1.54, 1.807) is 6.20 Å². The predicted octanol–water partition coefficient (Wildman–Crippen LogP) is 5.14. The highest BCUT2D eigenvalue weighted by Gasteiger charge is 2.51. The monoisotopic (exact) mass is 429 g/mol. The summed E-state index contributed by atoms with van der Waals surface area (Å²) in [6.45, 7) is 8.23. The summed E-state index contributed by atoms with van der Waals surface area (Å²) in [6.07, 6.45) is 5.02. The molecule has 1 aromatic heterocycles. The van der Waals surface area contributed by atoms with Crippen molar-refractivity contribution < 1.29 is 9.59 Å². The van der Waals surface area contributed by atoms with Crippen LogP contribution in [0.2, 0.25) is 0 Å². The second-order valence-corrected chi connectivity index (χ2v) is 10.8. The van der Waals surface area contributed by atoms with E-state index in [2.05, 4.69) is 36.0 Å². The van der Waals surface area contributed by atoms with Gasteiger partial charge < -0.3 is 15.2 Å². The molecule has 166 valence electrons. The van der Waals surface area contributed by atoms with Gasteiger partial charge in [-0.2, -0.15) is 0 Å². The maximum Gasteiger partial charge on any atom is 0.254 e. The van der Waals surface area contributed by atoms with E-state index in [9.17, 15) is 9.59 Å². The van der Waals surface area contributed by atoms with Gasteiger partial charge in [0.1, 0.15) is 0 Å². The second kappa shape index (κ2) is 7.51. The number of rotatable bonds is 4. The molecule has 5 heteroatoms. The highest BCUT2D eigenvalue weighted by molar-refractivity contribution is 6.08. The van der Waals surface area contributed by atoms with Gasteiger partial charge in [-0.1, -0.05) is 51.1 Å². The van der Waals surface area contributed by atoms with Crippen molar-refractivity contribution in [2.75, 3.05) is 6.54 Å². The molecule has 0 radical (unpaired) electrons. The van der Waals surface area contributed by atoms with Crippen molar-refractivity contribution in [2.24, 2.45) is 10.8 Å². The summed E-state index contributed by atoms with van der Waals surface area (Å²) in [5.41, 5.74) is 3.60. The molecule has 2 atom stereocenters. The fourth-order valence-corrected chi connectivity index (χ4v) is 6.18. The minimum atomic E-state index is -0.143. The Bertz CT molecular complexity index is 1180. The molecule has 2 bridgehead atoms. The fraction of sp³-hybridized carbons (Fsp3) is 0.407. The van der Waals surface area contributed by atoms with Gasteiger partial charge in [-0.05, 0) is 53.9 Å². The summed E-state index contributed by atoms with van der Waals surface area (Å²) in [7, 11) is 0. The van der Waals surface area contributed by atoms with Crippen molar-refractivity contribution in [3.05, 3.63) is 71.4 Å². The standard InChI is InChI=1S/C27H31N3O2/c1-26(2)12-20-13-27(3,16-26)17-30(20)25(32)19-9-10-23-21(11-19)22(15-28-23)24(31)29-14-18-7-5-4-6-8-18/h4-11,15,20,28H,12-14,16-17H2,1-3H3,(H,29,31). The number of benzene rings is 2. The Hall–Kier alpha value is -3.08. The van der Waals surface area contributed by atoms with Crippen LogP contribution in [0.1, 0.15) is 66.3 Å². The number of aromatic amines is 1. The van der Waals surface area contributed by atoms with Crippen LogP contribution in [0.25, 0.3) is 10.9 Å². The van der Waals surface area contributed by atoms with Crippen molar-refractivity contribution in [1.29, 1.82) is 0 Å². The average Bonchev–Trinajstić information content (AvgIpc) is 3.28. The van der Waals surface area contributed by atoms with Gasteiger partial charge in [0.25, 0.3) is 11.8 Å². The Morgan fingerprint density at radius 3 is 2.66 bits per heavy atom. The molecule has 32 heavy (non-hydrogen) atoms. The number of nitrogens with one attached hydrogen (secondary N) is 2. The number of nitrogens with zero attached hydrogens (tertiary/aromatic N) is 1. The second-order valence-electron chi connectivity index (χ2n) is 10.8. The van der Waals surface area contributed by atoms with E-state index in [0.717, 1.165) is 42.3 Å². The number of fused-ring (bicyclic) bond motifs is 3. The molecule has 1 aliphatic heterocycles. The summed E-state index contributed by atoms with van der Waals surface area (Å²) < 4.78 is 0. The number of likely N-dealkylation sites (tertiary alicyclic amines) is 1. The average molecular weight is 430 g/mol. The third-order valence-corrected chi connectivity index (χ3v) is 7.14. The molecule has 1 saturated carbocycles. The van der Waals surface area contributed by atoms with E-state index in [0.29, 0.717) is 23.7 Å². The van der Waals surface area contributed by atoms with Gasteiger partial charge in [-0.3, -0.25) is 9.59 Å². The van der Waals surface area contributed by atoms with Crippen LogP contribution in [0.15, 0.2) is 54.7 Å². The highest BCUT2D eigenvalue weighted by atomic mass is 16.2. The molecule has 2 unspecified atom stereocenters. The van der Waals surface area contributed by atoms with Gasteiger partial charge in [0.2, 0.25) is 0 Å². The van der Waals surface area contributed by atoms with Crippen LogP contribution in [-0.4, -0.2) is 34.3 Å². The lowest BCUT2D eigenvalue weighted by molar-refractivity contribution is 0.0708. The zero-order chi connectivity index (χ0) is 22.5. The van der Waals surface area contributed by atoms with Gasteiger partial charge >= 0.3 is 0 Å². The molecule has 3 aromatic rings. The SMILES string of the molecule is CC1(C)CC2CC(C)(CN2C(=O)c2ccc3[nH]cc(C(=O)NCc4ccccc4)c3c2)C1. The van der Waals surface area contributed by atoms with Gasteiger partial charge in [0.05, 0.1) is 5.56 Å².